The zero-order chi connectivity index (χ0) is 22.6. The van der Waals surface area contributed by atoms with Crippen molar-refractivity contribution in [2.24, 2.45) is 5.92 Å². The minimum absolute atomic E-state index is 0.314. The molecule has 0 saturated carbocycles. The van der Waals surface area contributed by atoms with Crippen molar-refractivity contribution in [2.75, 3.05) is 17.2 Å². The third kappa shape index (κ3) is 4.72. The lowest BCUT2D eigenvalue weighted by Crippen LogP contribution is -2.24. The summed E-state index contributed by atoms with van der Waals surface area (Å²) in [4.78, 5) is 24.0. The molecule has 0 saturated heterocycles. The molecule has 4 heterocycles. The largest absolute Gasteiger partial charge is 0.477 e. The summed E-state index contributed by atoms with van der Waals surface area (Å²) in [5.74, 6) is 2.51. The first-order chi connectivity index (χ1) is 16.2. The summed E-state index contributed by atoms with van der Waals surface area (Å²) in [7, 11) is 0. The van der Waals surface area contributed by atoms with Gasteiger partial charge >= 0.3 is 6.09 Å². The van der Waals surface area contributed by atoms with Gasteiger partial charge in [0.2, 0.25) is 5.88 Å². The second-order valence-corrected chi connectivity index (χ2v) is 8.06. The summed E-state index contributed by atoms with van der Waals surface area (Å²) in [6, 6.07) is 11.4. The normalized spacial score (nSPS) is 15.1. The van der Waals surface area contributed by atoms with Gasteiger partial charge in [-0.3, -0.25) is 5.32 Å². The summed E-state index contributed by atoms with van der Waals surface area (Å²) < 4.78 is 8.13. The fourth-order valence-electron chi connectivity index (χ4n) is 4.12. The van der Waals surface area contributed by atoms with Crippen LogP contribution in [0.5, 0.6) is 5.88 Å². The van der Waals surface area contributed by atoms with E-state index >= 15 is 0 Å². The van der Waals surface area contributed by atoms with Gasteiger partial charge in [-0.15, -0.1) is 0 Å². The van der Waals surface area contributed by atoms with Gasteiger partial charge in [0.25, 0.3) is 0 Å². The molecule has 1 aliphatic heterocycles. The number of carboxylic acid groups (broad SMARTS) is 1. The Morgan fingerprint density at radius 2 is 2.06 bits per heavy atom. The topological polar surface area (TPSA) is 114 Å². The molecular weight excluding hydrogens is 420 g/mol. The number of aromatic nitrogens is 4. The SMILES string of the molecule is O=C(O)Nc1nccc2c(NCc3ccc(OC[C@H]4CCn5ccnc5C4)nc3)cccc12. The number of nitrogens with one attached hydrogen (secondary N) is 2. The molecule has 3 aromatic heterocycles. The molecule has 4 aromatic rings. The van der Waals surface area contributed by atoms with Crippen LogP contribution in [0.15, 0.2) is 61.2 Å². The third-order valence-corrected chi connectivity index (χ3v) is 5.83. The van der Waals surface area contributed by atoms with Crippen molar-refractivity contribution < 1.29 is 14.6 Å². The number of amides is 1. The molecule has 0 spiro atoms. The van der Waals surface area contributed by atoms with Crippen LogP contribution in [0.2, 0.25) is 0 Å². The number of carbonyl (C=O) groups is 1. The Kier molecular flexibility index (Phi) is 5.75. The van der Waals surface area contributed by atoms with Gasteiger partial charge < -0.3 is 19.7 Å². The molecular formula is C24H24N6O3. The highest BCUT2D eigenvalue weighted by atomic mass is 16.5. The highest BCUT2D eigenvalue weighted by molar-refractivity contribution is 6.03. The number of imidazole rings is 1. The first-order valence-electron chi connectivity index (χ1n) is 10.8. The van der Waals surface area contributed by atoms with E-state index in [9.17, 15) is 4.79 Å². The highest BCUT2D eigenvalue weighted by Crippen LogP contribution is 2.28. The van der Waals surface area contributed by atoms with Crippen molar-refractivity contribution in [3.05, 3.63) is 72.6 Å². The quantitative estimate of drug-likeness (QED) is 0.392. The molecule has 0 bridgehead atoms. The van der Waals surface area contributed by atoms with Crippen molar-refractivity contribution in [2.45, 2.75) is 25.9 Å². The summed E-state index contributed by atoms with van der Waals surface area (Å²) >= 11 is 0. The van der Waals surface area contributed by atoms with E-state index in [4.69, 9.17) is 9.84 Å². The van der Waals surface area contributed by atoms with Gasteiger partial charge in [-0.2, -0.15) is 0 Å². The molecule has 0 aliphatic carbocycles. The Morgan fingerprint density at radius 1 is 1.12 bits per heavy atom. The number of rotatable bonds is 7. The second kappa shape index (κ2) is 9.15. The second-order valence-electron chi connectivity index (χ2n) is 8.06. The summed E-state index contributed by atoms with van der Waals surface area (Å²) in [5, 5.41) is 16.4. The van der Waals surface area contributed by atoms with Crippen LogP contribution < -0.4 is 15.4 Å². The maximum atomic E-state index is 11.0. The lowest BCUT2D eigenvalue weighted by molar-refractivity contribution is 0.209. The molecule has 33 heavy (non-hydrogen) atoms. The lowest BCUT2D eigenvalue weighted by Gasteiger charge is -2.23. The molecule has 0 fully saturated rings. The van der Waals surface area contributed by atoms with Gasteiger partial charge in [0.15, 0.2) is 0 Å². The van der Waals surface area contributed by atoms with Crippen molar-refractivity contribution in [1.82, 2.24) is 19.5 Å². The number of hydrogen-bond acceptors (Lipinski definition) is 6. The Balaban J connectivity index is 1.19. The Bertz CT molecular complexity index is 1270. The van der Waals surface area contributed by atoms with Gasteiger partial charge in [0.05, 0.1) is 6.61 Å². The molecule has 0 radical (unpaired) electrons. The number of ether oxygens (including phenoxy) is 1. The monoisotopic (exact) mass is 444 g/mol. The van der Waals surface area contributed by atoms with Crippen LogP contribution in [0, 0.1) is 5.92 Å². The number of aryl methyl sites for hydroxylation is 1. The number of fused-ring (bicyclic) bond motifs is 2. The third-order valence-electron chi connectivity index (χ3n) is 5.83. The molecule has 3 N–H and O–H groups in total. The van der Waals surface area contributed by atoms with E-state index in [-0.39, 0.29) is 0 Å². The minimum Gasteiger partial charge on any atom is -0.477 e. The van der Waals surface area contributed by atoms with Crippen molar-refractivity contribution in [1.29, 1.82) is 0 Å². The van der Waals surface area contributed by atoms with Crippen LogP contribution in [0.3, 0.4) is 0 Å². The van der Waals surface area contributed by atoms with E-state index in [0.29, 0.717) is 30.8 Å². The van der Waals surface area contributed by atoms with Crippen LogP contribution in [0.4, 0.5) is 16.3 Å². The summed E-state index contributed by atoms with van der Waals surface area (Å²) in [5.41, 5.74) is 1.90. The molecule has 1 atom stereocenters. The molecule has 1 aliphatic rings. The number of benzene rings is 1. The lowest BCUT2D eigenvalue weighted by atomic mass is 9.99. The molecule has 9 nitrogen and oxygen atoms in total. The molecule has 5 rings (SSSR count). The Morgan fingerprint density at radius 3 is 2.91 bits per heavy atom. The van der Waals surface area contributed by atoms with E-state index < -0.39 is 6.09 Å². The first kappa shape index (κ1) is 20.7. The predicted octanol–water partition coefficient (Wildman–Crippen LogP) is 4.17. The van der Waals surface area contributed by atoms with Gasteiger partial charge in [-0.1, -0.05) is 18.2 Å². The van der Waals surface area contributed by atoms with Gasteiger partial charge in [0.1, 0.15) is 11.6 Å². The van der Waals surface area contributed by atoms with E-state index in [1.165, 1.54) is 0 Å². The molecule has 0 unspecified atom stereocenters. The van der Waals surface area contributed by atoms with Gasteiger partial charge in [-0.25, -0.2) is 19.7 Å². The smallest absolute Gasteiger partial charge is 0.410 e. The molecule has 1 aromatic carbocycles. The van der Waals surface area contributed by atoms with Gasteiger partial charge in [-0.05, 0) is 24.1 Å². The number of anilines is 2. The van der Waals surface area contributed by atoms with E-state index in [0.717, 1.165) is 47.2 Å². The maximum absolute atomic E-state index is 11.0. The van der Waals surface area contributed by atoms with E-state index in [2.05, 4.69) is 30.2 Å². The van der Waals surface area contributed by atoms with Crippen molar-refractivity contribution in [3.63, 3.8) is 0 Å². The van der Waals surface area contributed by atoms with E-state index in [1.807, 2.05) is 48.8 Å². The van der Waals surface area contributed by atoms with Gasteiger partial charge in [0, 0.05) is 72.7 Å². The van der Waals surface area contributed by atoms with Crippen LogP contribution in [-0.2, 0) is 19.5 Å². The van der Waals surface area contributed by atoms with Crippen LogP contribution in [0.1, 0.15) is 17.8 Å². The predicted molar refractivity (Wildman–Crippen MR) is 124 cm³/mol. The van der Waals surface area contributed by atoms with Crippen molar-refractivity contribution >= 4 is 28.4 Å². The minimum atomic E-state index is -1.14. The number of pyridine rings is 2. The number of hydrogen-bond donors (Lipinski definition) is 3. The average Bonchev–Trinajstić information content (AvgIpc) is 3.30. The fraction of sp³-hybridized carbons (Fsp3) is 0.250. The summed E-state index contributed by atoms with van der Waals surface area (Å²) in [6.07, 6.45) is 8.15. The van der Waals surface area contributed by atoms with Crippen LogP contribution >= 0.6 is 0 Å². The zero-order valence-electron chi connectivity index (χ0n) is 17.9. The Hall–Kier alpha value is -4.14. The molecule has 9 heteroatoms. The highest BCUT2D eigenvalue weighted by Gasteiger charge is 2.19. The van der Waals surface area contributed by atoms with Crippen LogP contribution in [0.25, 0.3) is 10.8 Å². The Labute approximate surface area is 190 Å². The van der Waals surface area contributed by atoms with E-state index in [1.54, 1.807) is 12.4 Å². The van der Waals surface area contributed by atoms with Crippen LogP contribution in [-0.4, -0.2) is 37.3 Å². The standard InChI is InChI=1S/C24H24N6O3/c31-24(32)29-23-19-2-1-3-20(18(19)6-8-26-23)27-13-17-4-5-22(28-14-17)33-15-16-7-10-30-11-9-25-21(30)12-16/h1-6,8-9,11,14,16,27H,7,10,12-13,15H2,(H,26,29)(H,31,32)/t16-/m0/s1. The maximum Gasteiger partial charge on any atom is 0.410 e. The summed E-state index contributed by atoms with van der Waals surface area (Å²) in [6.45, 7) is 2.19. The fourth-order valence-corrected chi connectivity index (χ4v) is 4.12. The molecule has 168 valence electrons. The average molecular weight is 444 g/mol. The van der Waals surface area contributed by atoms with Crippen molar-refractivity contribution in [3.8, 4) is 5.88 Å². The molecule has 1 amide bonds. The number of nitrogens with zero attached hydrogens (tertiary/aromatic N) is 4. The first-order valence-corrected chi connectivity index (χ1v) is 10.8. The zero-order valence-corrected chi connectivity index (χ0v) is 17.9.